The molecular weight excluding hydrogens is 466 g/mol. The van der Waals surface area contributed by atoms with Crippen LogP contribution in [0.5, 0.6) is 5.75 Å². The van der Waals surface area contributed by atoms with Gasteiger partial charge in [0.25, 0.3) is 11.8 Å². The molecule has 10 heteroatoms. The number of sulfonamides is 1. The van der Waals surface area contributed by atoms with Crippen LogP contribution in [0.4, 0.5) is 5.69 Å². The number of anilines is 1. The van der Waals surface area contributed by atoms with Gasteiger partial charge in [-0.15, -0.1) is 0 Å². The molecule has 0 aromatic heterocycles. The molecule has 0 saturated carbocycles. The van der Waals surface area contributed by atoms with Gasteiger partial charge in [-0.1, -0.05) is 24.4 Å². The van der Waals surface area contributed by atoms with E-state index in [0.717, 1.165) is 25.7 Å². The number of likely N-dealkylation sites (N-methyl/N-ethyl adjacent to an activating group) is 1. The van der Waals surface area contributed by atoms with E-state index in [1.165, 1.54) is 22.5 Å². The smallest absolute Gasteiger partial charge is 0.257 e. The number of nitrogens with zero attached hydrogens (tertiary/aromatic N) is 1. The van der Waals surface area contributed by atoms with Crippen molar-refractivity contribution in [1.82, 2.24) is 9.62 Å². The fraction of sp³-hybridized carbons (Fsp3) is 0.391. The number of benzene rings is 2. The van der Waals surface area contributed by atoms with Crippen LogP contribution in [0.2, 0.25) is 5.02 Å². The second-order valence-corrected chi connectivity index (χ2v) is 10.00. The number of carbonyl (C=O) groups excluding carboxylic acids is 2. The Bertz CT molecular complexity index is 1080. The Kier molecular flexibility index (Phi) is 8.71. The van der Waals surface area contributed by atoms with Crippen LogP contribution < -0.4 is 15.4 Å². The minimum Gasteiger partial charge on any atom is -0.484 e. The molecule has 178 valence electrons. The lowest BCUT2D eigenvalue weighted by Gasteiger charge is -2.21. The fourth-order valence-corrected chi connectivity index (χ4v) is 5.52. The maximum Gasteiger partial charge on any atom is 0.257 e. The number of hydrogen-bond acceptors (Lipinski definition) is 5. The molecule has 1 aliphatic heterocycles. The van der Waals surface area contributed by atoms with Gasteiger partial charge in [0.15, 0.2) is 6.61 Å². The minimum atomic E-state index is -3.80. The third-order valence-corrected chi connectivity index (χ3v) is 7.61. The Labute approximate surface area is 199 Å². The SMILES string of the molecule is CCNC(=O)COc1ccc(NC(=O)c2ccc(Cl)c(S(=O)(=O)N3CCCCCC3)c2)cc1. The molecular formula is C23H28ClN3O5S. The second-order valence-electron chi connectivity index (χ2n) is 7.68. The van der Waals surface area contributed by atoms with E-state index in [9.17, 15) is 18.0 Å². The number of carbonyl (C=O) groups is 2. The van der Waals surface area contributed by atoms with Crippen molar-refractivity contribution in [2.75, 3.05) is 31.6 Å². The summed E-state index contributed by atoms with van der Waals surface area (Å²) in [5, 5.41) is 5.46. The van der Waals surface area contributed by atoms with Crippen LogP contribution in [0, 0.1) is 0 Å². The first-order valence-corrected chi connectivity index (χ1v) is 12.7. The van der Waals surface area contributed by atoms with Crippen molar-refractivity contribution < 1.29 is 22.7 Å². The highest BCUT2D eigenvalue weighted by Gasteiger charge is 2.28. The number of rotatable bonds is 8. The van der Waals surface area contributed by atoms with E-state index >= 15 is 0 Å². The van der Waals surface area contributed by atoms with Crippen LogP contribution in [-0.4, -0.2) is 50.8 Å². The summed E-state index contributed by atoms with van der Waals surface area (Å²) in [4.78, 5) is 24.2. The zero-order valence-electron chi connectivity index (χ0n) is 18.5. The largest absolute Gasteiger partial charge is 0.484 e. The Hall–Kier alpha value is -2.62. The van der Waals surface area contributed by atoms with Crippen molar-refractivity contribution in [2.45, 2.75) is 37.5 Å². The molecule has 0 radical (unpaired) electrons. The monoisotopic (exact) mass is 493 g/mol. The van der Waals surface area contributed by atoms with Crippen molar-refractivity contribution in [3.05, 3.63) is 53.1 Å². The second kappa shape index (κ2) is 11.5. The topological polar surface area (TPSA) is 105 Å². The van der Waals surface area contributed by atoms with Gasteiger partial charge in [-0.25, -0.2) is 8.42 Å². The summed E-state index contributed by atoms with van der Waals surface area (Å²) in [5.41, 5.74) is 0.682. The molecule has 0 bridgehead atoms. The Morgan fingerprint density at radius 3 is 2.33 bits per heavy atom. The van der Waals surface area contributed by atoms with Crippen LogP contribution in [0.25, 0.3) is 0 Å². The molecule has 8 nitrogen and oxygen atoms in total. The van der Waals surface area contributed by atoms with Crippen molar-refractivity contribution in [3.63, 3.8) is 0 Å². The van der Waals surface area contributed by atoms with Crippen LogP contribution >= 0.6 is 11.6 Å². The van der Waals surface area contributed by atoms with Gasteiger partial charge in [0, 0.05) is 30.9 Å². The maximum atomic E-state index is 13.1. The van der Waals surface area contributed by atoms with Gasteiger partial charge in [-0.2, -0.15) is 4.31 Å². The van der Waals surface area contributed by atoms with Crippen LogP contribution in [0.1, 0.15) is 43.0 Å². The standard InChI is InChI=1S/C23H28ClN3O5S/c1-2-25-22(28)16-32-19-10-8-18(9-11-19)26-23(29)17-7-12-20(24)21(15-17)33(30,31)27-13-5-3-4-6-14-27/h7-12,15H,2-6,13-14,16H2,1H3,(H,25,28)(H,26,29). The van der Waals surface area contributed by atoms with Gasteiger partial charge in [-0.05, 0) is 62.2 Å². The summed E-state index contributed by atoms with van der Waals surface area (Å²) in [6.45, 7) is 3.15. The Morgan fingerprint density at radius 1 is 1.03 bits per heavy atom. The summed E-state index contributed by atoms with van der Waals surface area (Å²) >= 11 is 6.21. The third-order valence-electron chi connectivity index (χ3n) is 5.23. The predicted octanol–water partition coefficient (Wildman–Crippen LogP) is 3.67. The molecule has 1 fully saturated rings. The summed E-state index contributed by atoms with van der Waals surface area (Å²) in [5.74, 6) is -0.199. The van der Waals surface area contributed by atoms with Crippen LogP contribution in [0.3, 0.4) is 0 Å². The van der Waals surface area contributed by atoms with Crippen LogP contribution in [0.15, 0.2) is 47.4 Å². The lowest BCUT2D eigenvalue weighted by atomic mass is 10.2. The lowest BCUT2D eigenvalue weighted by Crippen LogP contribution is -2.32. The summed E-state index contributed by atoms with van der Waals surface area (Å²) < 4.78 is 33.1. The van der Waals surface area contributed by atoms with E-state index in [2.05, 4.69) is 10.6 Å². The molecule has 2 N–H and O–H groups in total. The molecule has 0 atom stereocenters. The number of nitrogens with one attached hydrogen (secondary N) is 2. The highest BCUT2D eigenvalue weighted by molar-refractivity contribution is 7.89. The van der Waals surface area contributed by atoms with Gasteiger partial charge < -0.3 is 15.4 Å². The molecule has 2 aromatic rings. The number of amides is 2. The summed E-state index contributed by atoms with van der Waals surface area (Å²) in [6, 6.07) is 10.8. The summed E-state index contributed by atoms with van der Waals surface area (Å²) in [6.07, 6.45) is 3.61. The minimum absolute atomic E-state index is 0.0622. The molecule has 0 aliphatic carbocycles. The van der Waals surface area contributed by atoms with Crippen molar-refractivity contribution in [3.8, 4) is 5.75 Å². The van der Waals surface area contributed by atoms with E-state index < -0.39 is 15.9 Å². The molecule has 1 saturated heterocycles. The van der Waals surface area contributed by atoms with Crippen molar-refractivity contribution >= 4 is 39.1 Å². The van der Waals surface area contributed by atoms with Crippen molar-refractivity contribution in [1.29, 1.82) is 0 Å². The summed E-state index contributed by atoms with van der Waals surface area (Å²) in [7, 11) is -3.80. The molecule has 33 heavy (non-hydrogen) atoms. The first kappa shape index (κ1) is 25.0. The molecule has 0 spiro atoms. The fourth-order valence-electron chi connectivity index (χ4n) is 3.50. The van der Waals surface area contributed by atoms with Gasteiger partial charge in [-0.3, -0.25) is 9.59 Å². The average Bonchev–Trinajstić information content (AvgIpc) is 3.09. The number of hydrogen-bond donors (Lipinski definition) is 2. The zero-order valence-corrected chi connectivity index (χ0v) is 20.0. The first-order chi connectivity index (χ1) is 15.8. The van der Waals surface area contributed by atoms with E-state index in [1.807, 2.05) is 6.92 Å². The lowest BCUT2D eigenvalue weighted by molar-refractivity contribution is -0.122. The van der Waals surface area contributed by atoms with Gasteiger partial charge in [0.2, 0.25) is 10.0 Å². The van der Waals surface area contributed by atoms with E-state index in [-0.39, 0.29) is 28.0 Å². The third kappa shape index (κ3) is 6.69. The maximum absolute atomic E-state index is 13.1. The molecule has 1 heterocycles. The zero-order chi connectivity index (χ0) is 23.8. The van der Waals surface area contributed by atoms with E-state index in [4.69, 9.17) is 16.3 Å². The van der Waals surface area contributed by atoms with Gasteiger partial charge in [0.05, 0.1) is 5.02 Å². The quantitative estimate of drug-likeness (QED) is 0.583. The number of halogens is 1. The normalized spacial score (nSPS) is 14.8. The highest BCUT2D eigenvalue weighted by Crippen LogP contribution is 2.28. The number of ether oxygens (including phenoxy) is 1. The van der Waals surface area contributed by atoms with Crippen LogP contribution in [-0.2, 0) is 14.8 Å². The molecule has 3 rings (SSSR count). The Balaban J connectivity index is 1.70. The predicted molar refractivity (Wildman–Crippen MR) is 127 cm³/mol. The van der Waals surface area contributed by atoms with Gasteiger partial charge in [0.1, 0.15) is 10.6 Å². The molecule has 1 aliphatic rings. The molecule has 2 amide bonds. The highest BCUT2D eigenvalue weighted by atomic mass is 35.5. The van der Waals surface area contributed by atoms with E-state index in [1.54, 1.807) is 24.3 Å². The molecule has 2 aromatic carbocycles. The first-order valence-electron chi connectivity index (χ1n) is 10.9. The van der Waals surface area contributed by atoms with E-state index in [0.29, 0.717) is 31.1 Å². The average molecular weight is 494 g/mol. The van der Waals surface area contributed by atoms with Crippen molar-refractivity contribution in [2.24, 2.45) is 0 Å². The van der Waals surface area contributed by atoms with Gasteiger partial charge >= 0.3 is 0 Å². The Morgan fingerprint density at radius 2 is 1.70 bits per heavy atom. The molecule has 0 unspecified atom stereocenters.